The van der Waals surface area contributed by atoms with Gasteiger partial charge in [0.2, 0.25) is 5.09 Å². The summed E-state index contributed by atoms with van der Waals surface area (Å²) in [5, 5.41) is 3.28. The number of hydrogen-bond acceptors (Lipinski definition) is 4. The summed E-state index contributed by atoms with van der Waals surface area (Å²) in [6.07, 6.45) is 7.08. The lowest BCUT2D eigenvalue weighted by Gasteiger charge is -2.08. The zero-order valence-corrected chi connectivity index (χ0v) is 12.9. The molecule has 0 amide bonds. The van der Waals surface area contributed by atoms with E-state index in [9.17, 15) is 8.42 Å². The van der Waals surface area contributed by atoms with Crippen LogP contribution in [0.1, 0.15) is 31.4 Å². The minimum absolute atomic E-state index is 0.00204. The number of nitrogens with zero attached hydrogens (tertiary/aromatic N) is 1. The quantitative estimate of drug-likeness (QED) is 0.618. The molecule has 0 aromatic carbocycles. The molecule has 1 N–H and O–H groups in total. The zero-order chi connectivity index (χ0) is 14.6. The summed E-state index contributed by atoms with van der Waals surface area (Å²) in [5.41, 5.74) is 1.52. The van der Waals surface area contributed by atoms with Gasteiger partial charge in [-0.2, -0.15) is 0 Å². The van der Waals surface area contributed by atoms with E-state index in [1.54, 1.807) is 6.07 Å². The van der Waals surface area contributed by atoms with Crippen molar-refractivity contribution in [1.82, 2.24) is 9.62 Å². The Bertz CT molecular complexity index is 573. The standard InChI is InChI=1S/C14H22N2O3S/c1-16(2)20(17,18)14-8-7-13(19-14)11-15-10-9-12-5-3-4-6-12/h5,7-8,15H,3-4,6,9-11H2,1-2H3. The monoisotopic (exact) mass is 298 g/mol. The van der Waals surface area contributed by atoms with Crippen LogP contribution in [0.4, 0.5) is 0 Å². The highest BCUT2D eigenvalue weighted by Crippen LogP contribution is 2.20. The predicted octanol–water partition coefficient (Wildman–Crippen LogP) is 2.12. The summed E-state index contributed by atoms with van der Waals surface area (Å²) >= 11 is 0. The lowest BCUT2D eigenvalue weighted by Crippen LogP contribution is -2.21. The van der Waals surface area contributed by atoms with Crippen LogP contribution in [0, 0.1) is 0 Å². The fourth-order valence-corrected chi connectivity index (χ4v) is 3.01. The van der Waals surface area contributed by atoms with Gasteiger partial charge in [-0.15, -0.1) is 0 Å². The average Bonchev–Trinajstić information content (AvgIpc) is 3.06. The van der Waals surface area contributed by atoms with Crippen molar-refractivity contribution < 1.29 is 12.8 Å². The fourth-order valence-electron chi connectivity index (χ4n) is 2.20. The molecule has 0 bridgehead atoms. The van der Waals surface area contributed by atoms with Crippen LogP contribution < -0.4 is 5.32 Å². The highest BCUT2D eigenvalue weighted by Gasteiger charge is 2.21. The predicted molar refractivity (Wildman–Crippen MR) is 77.8 cm³/mol. The molecule has 112 valence electrons. The summed E-state index contributed by atoms with van der Waals surface area (Å²) < 4.78 is 30.2. The number of rotatable bonds is 7. The van der Waals surface area contributed by atoms with Gasteiger partial charge in [-0.1, -0.05) is 11.6 Å². The van der Waals surface area contributed by atoms with E-state index in [0.29, 0.717) is 12.3 Å². The van der Waals surface area contributed by atoms with Gasteiger partial charge in [0.05, 0.1) is 6.54 Å². The summed E-state index contributed by atoms with van der Waals surface area (Å²) in [4.78, 5) is 0. The molecule has 0 aliphatic heterocycles. The Hall–Kier alpha value is -1.11. The van der Waals surface area contributed by atoms with Gasteiger partial charge in [-0.3, -0.25) is 0 Å². The second kappa shape index (κ2) is 6.56. The van der Waals surface area contributed by atoms with Gasteiger partial charge in [0.15, 0.2) is 0 Å². The minimum Gasteiger partial charge on any atom is -0.447 e. The second-order valence-electron chi connectivity index (χ2n) is 5.19. The van der Waals surface area contributed by atoms with E-state index in [1.165, 1.54) is 45.0 Å². The number of furan rings is 1. The molecule has 1 aliphatic carbocycles. The van der Waals surface area contributed by atoms with E-state index >= 15 is 0 Å². The molecule has 0 unspecified atom stereocenters. The third-order valence-electron chi connectivity index (χ3n) is 3.43. The molecule has 0 atom stereocenters. The Balaban J connectivity index is 1.81. The lowest BCUT2D eigenvalue weighted by molar-refractivity contribution is 0.389. The summed E-state index contributed by atoms with van der Waals surface area (Å²) in [7, 11) is -0.488. The molecule has 1 aromatic rings. The van der Waals surface area contributed by atoms with Crippen molar-refractivity contribution in [3.8, 4) is 0 Å². The van der Waals surface area contributed by atoms with Gasteiger partial charge < -0.3 is 9.73 Å². The van der Waals surface area contributed by atoms with Crippen LogP contribution in [0.2, 0.25) is 0 Å². The minimum atomic E-state index is -3.47. The van der Waals surface area contributed by atoms with Gasteiger partial charge in [0.1, 0.15) is 5.76 Å². The summed E-state index contributed by atoms with van der Waals surface area (Å²) in [6, 6.07) is 3.21. The van der Waals surface area contributed by atoms with Gasteiger partial charge in [0, 0.05) is 14.1 Å². The number of sulfonamides is 1. The number of nitrogens with one attached hydrogen (secondary N) is 1. The molecule has 5 nitrogen and oxygen atoms in total. The van der Waals surface area contributed by atoms with Crippen LogP contribution in [-0.2, 0) is 16.6 Å². The van der Waals surface area contributed by atoms with Crippen LogP contribution in [0.15, 0.2) is 33.3 Å². The third-order valence-corrected chi connectivity index (χ3v) is 5.12. The van der Waals surface area contributed by atoms with Crippen molar-refractivity contribution in [3.63, 3.8) is 0 Å². The molecule has 1 aliphatic rings. The average molecular weight is 298 g/mol. The van der Waals surface area contributed by atoms with E-state index in [2.05, 4.69) is 11.4 Å². The van der Waals surface area contributed by atoms with Gasteiger partial charge in [0.25, 0.3) is 10.0 Å². The molecule has 20 heavy (non-hydrogen) atoms. The highest BCUT2D eigenvalue weighted by atomic mass is 32.2. The Morgan fingerprint density at radius 2 is 2.15 bits per heavy atom. The Morgan fingerprint density at radius 1 is 1.35 bits per heavy atom. The van der Waals surface area contributed by atoms with E-state index < -0.39 is 10.0 Å². The zero-order valence-electron chi connectivity index (χ0n) is 12.1. The number of hydrogen-bond donors (Lipinski definition) is 1. The Kier molecular flexibility index (Phi) is 5.01. The van der Waals surface area contributed by atoms with Crippen LogP contribution in [0.3, 0.4) is 0 Å². The molecule has 0 radical (unpaired) electrons. The first-order valence-electron chi connectivity index (χ1n) is 6.90. The van der Waals surface area contributed by atoms with Crippen LogP contribution in [0.5, 0.6) is 0 Å². The van der Waals surface area contributed by atoms with Crippen LogP contribution >= 0.6 is 0 Å². The Labute approximate surface area is 120 Å². The molecule has 0 spiro atoms. The maximum absolute atomic E-state index is 11.9. The van der Waals surface area contributed by atoms with Crippen molar-refractivity contribution in [2.45, 2.75) is 37.3 Å². The maximum atomic E-state index is 11.9. The van der Waals surface area contributed by atoms with Crippen LogP contribution in [-0.4, -0.2) is 33.4 Å². The van der Waals surface area contributed by atoms with Gasteiger partial charge >= 0.3 is 0 Å². The second-order valence-corrected chi connectivity index (χ2v) is 7.27. The lowest BCUT2D eigenvalue weighted by atomic mass is 10.2. The first kappa shape index (κ1) is 15.3. The molecule has 0 saturated carbocycles. The van der Waals surface area contributed by atoms with Crippen LogP contribution in [0.25, 0.3) is 0 Å². The Morgan fingerprint density at radius 3 is 2.80 bits per heavy atom. The molecule has 6 heteroatoms. The van der Waals surface area contributed by atoms with Crippen molar-refractivity contribution >= 4 is 10.0 Å². The molecular formula is C14H22N2O3S. The molecule has 0 fully saturated rings. The molecular weight excluding hydrogens is 276 g/mol. The third kappa shape index (κ3) is 3.71. The largest absolute Gasteiger partial charge is 0.447 e. The molecule has 1 aromatic heterocycles. The number of allylic oxidation sites excluding steroid dienone is 1. The van der Waals surface area contributed by atoms with E-state index in [4.69, 9.17) is 4.42 Å². The van der Waals surface area contributed by atoms with Crippen molar-refractivity contribution in [3.05, 3.63) is 29.5 Å². The smallest absolute Gasteiger partial charge is 0.275 e. The highest BCUT2D eigenvalue weighted by molar-refractivity contribution is 7.88. The van der Waals surface area contributed by atoms with Crippen molar-refractivity contribution in [2.75, 3.05) is 20.6 Å². The molecule has 2 rings (SSSR count). The maximum Gasteiger partial charge on any atom is 0.275 e. The summed E-state index contributed by atoms with van der Waals surface area (Å²) in [6.45, 7) is 1.44. The fraction of sp³-hybridized carbons (Fsp3) is 0.571. The molecule has 1 heterocycles. The van der Waals surface area contributed by atoms with Crippen molar-refractivity contribution in [2.24, 2.45) is 0 Å². The topological polar surface area (TPSA) is 62.6 Å². The van der Waals surface area contributed by atoms with Crippen molar-refractivity contribution in [1.29, 1.82) is 0 Å². The van der Waals surface area contributed by atoms with Gasteiger partial charge in [-0.25, -0.2) is 12.7 Å². The van der Waals surface area contributed by atoms with E-state index in [-0.39, 0.29) is 5.09 Å². The first-order chi connectivity index (χ1) is 9.50. The SMILES string of the molecule is CN(C)S(=O)(=O)c1ccc(CNCCC2=CCCC2)o1. The van der Waals surface area contributed by atoms with E-state index in [1.807, 2.05) is 0 Å². The normalized spacial score (nSPS) is 15.8. The first-order valence-corrected chi connectivity index (χ1v) is 8.34. The van der Waals surface area contributed by atoms with E-state index in [0.717, 1.165) is 17.3 Å². The summed E-state index contributed by atoms with van der Waals surface area (Å²) in [5.74, 6) is 0.644. The van der Waals surface area contributed by atoms with Gasteiger partial charge in [-0.05, 0) is 44.4 Å². The molecule has 0 saturated heterocycles.